The van der Waals surface area contributed by atoms with Crippen LogP contribution in [0.25, 0.3) is 0 Å². The Morgan fingerprint density at radius 2 is 1.29 bits per heavy atom. The maximum absolute atomic E-state index is 13.4. The zero-order valence-corrected chi connectivity index (χ0v) is 43.9. The van der Waals surface area contributed by atoms with Crippen LogP contribution in [0.5, 0.6) is 0 Å². The van der Waals surface area contributed by atoms with Gasteiger partial charge in [0.15, 0.2) is 31.7 Å². The molecule has 4 aromatic rings. The van der Waals surface area contributed by atoms with Gasteiger partial charge in [0.2, 0.25) is 0 Å². The third-order valence-corrected chi connectivity index (χ3v) is 14.8. The molecule has 0 aliphatic carbocycles. The summed E-state index contributed by atoms with van der Waals surface area (Å²) >= 11 is 12.1. The minimum atomic E-state index is -3.71. The number of likely N-dealkylation sites (N-methyl/N-ethyl adjacent to an activating group) is 2. The number of halogens is 2. The van der Waals surface area contributed by atoms with E-state index in [1.54, 1.807) is 62.4 Å². The number of esters is 2. The molecule has 0 radical (unpaired) electrons. The topological polar surface area (TPSA) is 218 Å². The Kier molecular flexibility index (Phi) is 24.3. The largest absolute Gasteiger partial charge is 0.461 e. The molecule has 3 N–H and O–H groups in total. The van der Waals surface area contributed by atoms with E-state index in [1.807, 2.05) is 62.6 Å². The molecule has 1 unspecified atom stereocenters. The van der Waals surface area contributed by atoms with Crippen LogP contribution < -0.4 is 11.1 Å². The average Bonchev–Trinajstić information content (AvgIpc) is 3.59. The van der Waals surface area contributed by atoms with Crippen LogP contribution in [0.2, 0.25) is 10.0 Å². The van der Waals surface area contributed by atoms with Gasteiger partial charge in [0.05, 0.1) is 58.4 Å². The number of hydrogen-bond acceptors (Lipinski definition) is 16. The fourth-order valence-electron chi connectivity index (χ4n) is 7.23. The number of aldehydes is 1. The number of nitrogens with one attached hydrogen (secondary N) is 1. The molecule has 4 aromatic carbocycles. The second kappa shape index (κ2) is 29.7. The number of nitrogens with zero attached hydrogens (tertiary/aromatic N) is 2. The zero-order chi connectivity index (χ0) is 52.7. The van der Waals surface area contributed by atoms with Crippen LogP contribution in [0, 0.1) is 0 Å². The number of Topliss-reactive ketones (excluding diaryl/α,β-unsaturated/α-hetero) is 1. The molecule has 1 saturated heterocycles. The molecule has 0 spiro atoms. The Balaban J connectivity index is 0.000000250. The lowest BCUT2D eigenvalue weighted by Crippen LogP contribution is -2.34. The van der Waals surface area contributed by atoms with Crippen molar-refractivity contribution in [1.29, 1.82) is 0 Å². The first kappa shape index (κ1) is 58.9. The summed E-state index contributed by atoms with van der Waals surface area (Å²) in [5, 5.41) is 3.99. The molecule has 3 aliphatic rings. The van der Waals surface area contributed by atoms with Gasteiger partial charge in [-0.25, -0.2) is 26.4 Å². The molecular formula is C52H62Cl2N4O12S2. The summed E-state index contributed by atoms with van der Waals surface area (Å²) in [6.45, 7) is 6.98. The number of dihydropyridines is 1. The van der Waals surface area contributed by atoms with E-state index in [2.05, 4.69) is 27.2 Å². The molecule has 3 heterocycles. The average molecular weight is 1070 g/mol. The summed E-state index contributed by atoms with van der Waals surface area (Å²) in [4.78, 5) is 49.6. The van der Waals surface area contributed by atoms with Crippen LogP contribution in [0.1, 0.15) is 46.8 Å². The predicted molar refractivity (Wildman–Crippen MR) is 278 cm³/mol. The first-order valence-electron chi connectivity index (χ1n) is 22.8. The lowest BCUT2D eigenvalue weighted by molar-refractivity contribution is -0.140. The molecule has 3 aliphatic heterocycles. The van der Waals surface area contributed by atoms with Crippen LogP contribution in [-0.2, 0) is 66.1 Å². The summed E-state index contributed by atoms with van der Waals surface area (Å²) in [6.07, 6.45) is 2.03. The molecule has 0 saturated carbocycles. The smallest absolute Gasteiger partial charge is 0.336 e. The number of ether oxygens (including phenoxy) is 4. The van der Waals surface area contributed by atoms with Gasteiger partial charge in [-0.15, -0.1) is 0 Å². The highest BCUT2D eigenvalue weighted by atomic mass is 35.5. The summed E-state index contributed by atoms with van der Waals surface area (Å²) in [7, 11) is -2.91. The van der Waals surface area contributed by atoms with Gasteiger partial charge >= 0.3 is 11.9 Å². The van der Waals surface area contributed by atoms with Gasteiger partial charge in [-0.05, 0) is 56.8 Å². The van der Waals surface area contributed by atoms with Gasteiger partial charge in [-0.1, -0.05) is 120 Å². The number of benzene rings is 4. The number of hydrogen-bond donors (Lipinski definition) is 2. The Labute approximate surface area is 432 Å². The van der Waals surface area contributed by atoms with Crippen molar-refractivity contribution in [2.24, 2.45) is 5.73 Å². The van der Waals surface area contributed by atoms with Crippen LogP contribution >= 0.6 is 23.2 Å². The van der Waals surface area contributed by atoms with Crippen molar-refractivity contribution in [3.05, 3.63) is 175 Å². The van der Waals surface area contributed by atoms with E-state index in [9.17, 15) is 36.0 Å². The summed E-state index contributed by atoms with van der Waals surface area (Å²) in [5.74, 6) is -2.73. The number of sulfone groups is 2. The third-order valence-electron chi connectivity index (χ3n) is 10.7. The zero-order valence-electron chi connectivity index (χ0n) is 40.8. The number of nitrogens with two attached hydrogens (primary N) is 1. The maximum atomic E-state index is 13.4. The van der Waals surface area contributed by atoms with E-state index in [0.29, 0.717) is 58.0 Å². The lowest BCUT2D eigenvalue weighted by Gasteiger charge is -2.31. The molecule has 1 fully saturated rings. The third kappa shape index (κ3) is 20.1. The molecular weight excluding hydrogens is 1010 g/mol. The van der Waals surface area contributed by atoms with Gasteiger partial charge in [-0.3, -0.25) is 19.4 Å². The molecule has 0 aromatic heterocycles. The van der Waals surface area contributed by atoms with Gasteiger partial charge in [0.1, 0.15) is 25.6 Å². The monoisotopic (exact) mass is 1070 g/mol. The fraction of sp³-hybridized carbons (Fsp3) is 0.346. The van der Waals surface area contributed by atoms with E-state index < -0.39 is 31.6 Å². The van der Waals surface area contributed by atoms with E-state index in [-0.39, 0.29) is 72.5 Å². The number of carbonyl (C=O) groups is 4. The predicted octanol–water partition coefficient (Wildman–Crippen LogP) is 6.31. The molecule has 72 heavy (non-hydrogen) atoms. The van der Waals surface area contributed by atoms with Crippen LogP contribution in [0.4, 0.5) is 0 Å². The molecule has 0 bridgehead atoms. The van der Waals surface area contributed by atoms with Crippen LogP contribution in [0.3, 0.4) is 0 Å². The maximum Gasteiger partial charge on any atom is 0.336 e. The van der Waals surface area contributed by atoms with Crippen molar-refractivity contribution in [3.63, 3.8) is 0 Å². The molecule has 16 nitrogen and oxygen atoms in total. The van der Waals surface area contributed by atoms with Crippen molar-refractivity contribution in [2.45, 2.75) is 32.9 Å². The molecule has 20 heteroatoms. The van der Waals surface area contributed by atoms with E-state index in [1.165, 1.54) is 11.6 Å². The molecule has 7 rings (SSSR count). The Hall–Kier alpha value is -5.70. The minimum absolute atomic E-state index is 0.0290. The van der Waals surface area contributed by atoms with Gasteiger partial charge in [-0.2, -0.15) is 0 Å². The normalized spacial score (nSPS) is 17.2. The highest BCUT2D eigenvalue weighted by molar-refractivity contribution is 7.95. The first-order valence-corrected chi connectivity index (χ1v) is 27.0. The highest BCUT2D eigenvalue weighted by Crippen LogP contribution is 2.44. The molecule has 388 valence electrons. The summed E-state index contributed by atoms with van der Waals surface area (Å²) in [5.41, 5.74) is 10.5. The van der Waals surface area contributed by atoms with Crippen molar-refractivity contribution in [1.82, 2.24) is 15.1 Å². The van der Waals surface area contributed by atoms with Crippen molar-refractivity contribution < 1.29 is 55.0 Å². The minimum Gasteiger partial charge on any atom is -0.461 e. The fourth-order valence-corrected chi connectivity index (χ4v) is 10.4. The second-order valence-electron chi connectivity index (χ2n) is 16.8. The first-order chi connectivity index (χ1) is 34.3. The molecule has 1 atom stereocenters. The van der Waals surface area contributed by atoms with Crippen LogP contribution in [-0.4, -0.2) is 135 Å². The SMILES string of the molecule is C/C(N)=C\C(=O)OCCN(C)Cc1ccccc1.CC1=C(C(=O)OCCN(C)Cc2ccccc2)C(c2ccccc2Cl)C2=C(COCCS2(=O)=O)N1.O=C1COCCS(=O)(=O)C1.O=Cc1ccccc1Cl. The Bertz CT molecular complexity index is 2770. The van der Waals surface area contributed by atoms with Crippen molar-refractivity contribution >= 4 is 66.9 Å². The van der Waals surface area contributed by atoms with E-state index in [0.717, 1.165) is 24.9 Å². The van der Waals surface area contributed by atoms with Crippen LogP contribution in [0.15, 0.2) is 143 Å². The molecule has 0 amide bonds. The Morgan fingerprint density at radius 3 is 1.85 bits per heavy atom. The number of carbonyl (C=O) groups excluding carboxylic acids is 4. The summed E-state index contributed by atoms with van der Waals surface area (Å²) in [6, 6.07) is 34.1. The second-order valence-corrected chi connectivity index (χ2v) is 21.9. The van der Waals surface area contributed by atoms with E-state index in [4.69, 9.17) is 47.9 Å². The van der Waals surface area contributed by atoms with Crippen molar-refractivity contribution in [3.8, 4) is 0 Å². The number of ketones is 1. The van der Waals surface area contributed by atoms with Gasteiger partial charge in [0.25, 0.3) is 0 Å². The van der Waals surface area contributed by atoms with Gasteiger partial charge in [0, 0.05) is 54.2 Å². The highest BCUT2D eigenvalue weighted by Gasteiger charge is 2.42. The summed E-state index contributed by atoms with van der Waals surface area (Å²) < 4.78 is 69.0. The number of allylic oxidation sites excluding steroid dienone is 3. The van der Waals surface area contributed by atoms with Gasteiger partial charge < -0.3 is 30.0 Å². The standard InChI is InChI=1S/C26H29ClN2O5S.C14H20N2O2.C7H5ClO.C5H8O4S/c1-18-23(26(30)34-13-12-29(2)16-19-8-4-3-5-9-19)24(20-10-6-7-11-21(20)27)25-22(28-18)17-33-14-15-35(25,31)32;1-12(15)10-14(17)18-9-8-16(2)11-13-6-4-3-5-7-13;8-7-4-2-1-3-6(7)5-9;6-5-3-9-1-2-10(7,8)4-5/h3-11,24,28H,12-17H2,1-2H3;3-7,10H,8-9,11,15H2,1-2H3;1-5H;1-4H2/b;12-10+;;. The number of rotatable bonds is 14. The Morgan fingerprint density at radius 1 is 0.764 bits per heavy atom. The quantitative estimate of drug-likeness (QED) is 0.0803. The van der Waals surface area contributed by atoms with E-state index >= 15 is 0 Å². The lowest BCUT2D eigenvalue weighted by atomic mass is 9.86. The van der Waals surface area contributed by atoms with Crippen molar-refractivity contribution in [2.75, 3.05) is 84.1 Å².